The highest BCUT2D eigenvalue weighted by Gasteiger charge is 2.37. The van der Waals surface area contributed by atoms with E-state index in [2.05, 4.69) is 9.88 Å². The van der Waals surface area contributed by atoms with Crippen LogP contribution in [0.5, 0.6) is 0 Å². The first-order chi connectivity index (χ1) is 11.1. The third-order valence-corrected chi connectivity index (χ3v) is 6.69. The number of pyridine rings is 1. The van der Waals surface area contributed by atoms with Gasteiger partial charge in [-0.3, -0.25) is 0 Å². The molecule has 0 N–H and O–H groups in total. The Hall–Kier alpha value is -1.49. The molecule has 2 fully saturated rings. The van der Waals surface area contributed by atoms with Crippen molar-refractivity contribution in [3.05, 3.63) is 24.0 Å². The maximum atomic E-state index is 13.0. The van der Waals surface area contributed by atoms with Gasteiger partial charge in [-0.2, -0.15) is 9.57 Å². The van der Waals surface area contributed by atoms with E-state index in [-0.39, 0.29) is 16.6 Å². The molecule has 3 heterocycles. The molecule has 1 aromatic rings. The van der Waals surface area contributed by atoms with Crippen LogP contribution in [-0.4, -0.2) is 54.8 Å². The van der Waals surface area contributed by atoms with Crippen molar-refractivity contribution in [3.63, 3.8) is 0 Å². The first kappa shape index (κ1) is 16.4. The van der Waals surface area contributed by atoms with Crippen LogP contribution in [0.2, 0.25) is 0 Å². The summed E-state index contributed by atoms with van der Waals surface area (Å²) in [6, 6.07) is 4.95. The molecule has 1 atom stereocenters. The molecule has 0 aromatic carbocycles. The van der Waals surface area contributed by atoms with Gasteiger partial charge in [0.15, 0.2) is 5.69 Å². The molecule has 2 aliphatic heterocycles. The molecule has 1 aromatic heterocycles. The SMILES string of the molecule is N#Cc1ncccc1S(=O)(=O)N1CCCC1CN1CCCCC1. The fourth-order valence-corrected chi connectivity index (χ4v) is 5.34. The number of rotatable bonds is 4. The van der Waals surface area contributed by atoms with Gasteiger partial charge >= 0.3 is 0 Å². The Labute approximate surface area is 137 Å². The molecule has 6 nitrogen and oxygen atoms in total. The van der Waals surface area contributed by atoms with Gasteiger partial charge in [-0.15, -0.1) is 0 Å². The summed E-state index contributed by atoms with van der Waals surface area (Å²) in [6.45, 7) is 3.43. The van der Waals surface area contributed by atoms with E-state index in [1.54, 1.807) is 10.4 Å². The van der Waals surface area contributed by atoms with E-state index in [9.17, 15) is 8.42 Å². The molecule has 3 rings (SSSR count). The maximum absolute atomic E-state index is 13.0. The lowest BCUT2D eigenvalue weighted by atomic mass is 10.1. The van der Waals surface area contributed by atoms with E-state index < -0.39 is 10.0 Å². The smallest absolute Gasteiger partial charge is 0.246 e. The molecule has 23 heavy (non-hydrogen) atoms. The summed E-state index contributed by atoms with van der Waals surface area (Å²) in [5, 5.41) is 9.15. The van der Waals surface area contributed by atoms with Gasteiger partial charge in [0.05, 0.1) is 0 Å². The molecule has 0 spiro atoms. The standard InChI is InChI=1S/C16H22N4O2S/c17-12-15-16(7-4-8-18-15)23(21,22)20-11-5-6-14(20)13-19-9-2-1-3-10-19/h4,7-8,14H,1-3,5-6,9-11,13H2. The second-order valence-corrected chi connectivity index (χ2v) is 8.09. The van der Waals surface area contributed by atoms with Gasteiger partial charge in [-0.05, 0) is 50.9 Å². The van der Waals surface area contributed by atoms with Crippen LogP contribution in [0.25, 0.3) is 0 Å². The number of hydrogen-bond donors (Lipinski definition) is 0. The van der Waals surface area contributed by atoms with Crippen LogP contribution in [0.1, 0.15) is 37.8 Å². The predicted molar refractivity (Wildman–Crippen MR) is 86.2 cm³/mol. The minimum absolute atomic E-state index is 0.00449. The Bertz CT molecular complexity index is 692. The number of nitriles is 1. The van der Waals surface area contributed by atoms with Crippen LogP contribution < -0.4 is 0 Å². The molecule has 0 radical (unpaired) electrons. The third kappa shape index (κ3) is 3.39. The van der Waals surface area contributed by atoms with Crippen LogP contribution in [0, 0.1) is 11.3 Å². The molecule has 0 saturated carbocycles. The van der Waals surface area contributed by atoms with E-state index in [1.165, 1.54) is 31.5 Å². The zero-order chi connectivity index (χ0) is 16.3. The van der Waals surface area contributed by atoms with E-state index >= 15 is 0 Å². The lowest BCUT2D eigenvalue weighted by molar-refractivity contribution is 0.189. The Morgan fingerprint density at radius 3 is 2.74 bits per heavy atom. The monoisotopic (exact) mass is 334 g/mol. The van der Waals surface area contributed by atoms with Gasteiger partial charge in [0.2, 0.25) is 10.0 Å². The largest absolute Gasteiger partial charge is 0.302 e. The second-order valence-electron chi connectivity index (χ2n) is 6.24. The van der Waals surface area contributed by atoms with Crippen molar-refractivity contribution in [2.24, 2.45) is 0 Å². The van der Waals surface area contributed by atoms with Crippen LogP contribution in [-0.2, 0) is 10.0 Å². The quantitative estimate of drug-likeness (QED) is 0.836. The van der Waals surface area contributed by atoms with Crippen molar-refractivity contribution >= 4 is 10.0 Å². The molecule has 124 valence electrons. The topological polar surface area (TPSA) is 77.3 Å². The highest BCUT2D eigenvalue weighted by atomic mass is 32.2. The van der Waals surface area contributed by atoms with Gasteiger partial charge in [-0.25, -0.2) is 13.4 Å². The Morgan fingerprint density at radius 2 is 2.00 bits per heavy atom. The fraction of sp³-hybridized carbons (Fsp3) is 0.625. The number of hydrogen-bond acceptors (Lipinski definition) is 5. The third-order valence-electron chi connectivity index (χ3n) is 4.70. The molecule has 0 aliphatic carbocycles. The highest BCUT2D eigenvalue weighted by molar-refractivity contribution is 7.89. The summed E-state index contributed by atoms with van der Waals surface area (Å²) in [5.41, 5.74) is -0.0175. The summed E-state index contributed by atoms with van der Waals surface area (Å²) in [6.07, 6.45) is 6.87. The minimum atomic E-state index is -3.66. The van der Waals surface area contributed by atoms with Gasteiger partial charge in [0, 0.05) is 25.3 Å². The summed E-state index contributed by atoms with van der Waals surface area (Å²) in [4.78, 5) is 6.30. The van der Waals surface area contributed by atoms with Crippen molar-refractivity contribution < 1.29 is 8.42 Å². The molecule has 2 saturated heterocycles. The Balaban J connectivity index is 1.82. The first-order valence-electron chi connectivity index (χ1n) is 8.22. The molecular weight excluding hydrogens is 312 g/mol. The van der Waals surface area contributed by atoms with Gasteiger partial charge in [0.1, 0.15) is 11.0 Å². The van der Waals surface area contributed by atoms with Crippen LogP contribution in [0.15, 0.2) is 23.2 Å². The van der Waals surface area contributed by atoms with Gasteiger partial charge in [0.25, 0.3) is 0 Å². The molecule has 2 aliphatic rings. The number of piperidine rings is 1. The van der Waals surface area contributed by atoms with E-state index in [0.717, 1.165) is 32.5 Å². The zero-order valence-corrected chi connectivity index (χ0v) is 14.0. The predicted octanol–water partition coefficient (Wildman–Crippen LogP) is 1.59. The number of sulfonamides is 1. The summed E-state index contributed by atoms with van der Waals surface area (Å²) in [7, 11) is -3.66. The van der Waals surface area contributed by atoms with Gasteiger partial charge in [-0.1, -0.05) is 6.42 Å². The molecule has 0 bridgehead atoms. The van der Waals surface area contributed by atoms with Crippen LogP contribution >= 0.6 is 0 Å². The minimum Gasteiger partial charge on any atom is -0.302 e. The second kappa shape index (κ2) is 6.95. The van der Waals surface area contributed by atoms with Gasteiger partial charge < -0.3 is 4.90 Å². The summed E-state index contributed by atoms with van der Waals surface area (Å²) in [5.74, 6) is 0. The normalized spacial score (nSPS) is 23.7. The molecule has 1 unspecified atom stereocenters. The average Bonchev–Trinajstić information content (AvgIpc) is 3.04. The van der Waals surface area contributed by atoms with E-state index in [1.807, 2.05) is 6.07 Å². The lowest BCUT2D eigenvalue weighted by Crippen LogP contribution is -2.44. The Morgan fingerprint density at radius 1 is 1.22 bits per heavy atom. The zero-order valence-electron chi connectivity index (χ0n) is 13.2. The number of aromatic nitrogens is 1. The molecule has 7 heteroatoms. The molecular formula is C16H22N4O2S. The molecule has 0 amide bonds. The Kier molecular flexibility index (Phi) is 4.95. The number of nitrogens with zero attached hydrogens (tertiary/aromatic N) is 4. The number of likely N-dealkylation sites (tertiary alicyclic amines) is 1. The van der Waals surface area contributed by atoms with Crippen molar-refractivity contribution in [1.82, 2.24) is 14.2 Å². The maximum Gasteiger partial charge on any atom is 0.246 e. The van der Waals surface area contributed by atoms with Crippen LogP contribution in [0.4, 0.5) is 0 Å². The van der Waals surface area contributed by atoms with E-state index in [0.29, 0.717) is 6.54 Å². The van der Waals surface area contributed by atoms with Crippen molar-refractivity contribution in [1.29, 1.82) is 5.26 Å². The fourth-order valence-electron chi connectivity index (χ4n) is 3.56. The van der Waals surface area contributed by atoms with Crippen molar-refractivity contribution in [2.75, 3.05) is 26.2 Å². The van der Waals surface area contributed by atoms with Crippen molar-refractivity contribution in [2.45, 2.75) is 43.0 Å². The average molecular weight is 334 g/mol. The van der Waals surface area contributed by atoms with E-state index in [4.69, 9.17) is 5.26 Å². The summed E-state index contributed by atoms with van der Waals surface area (Å²) < 4.78 is 27.5. The first-order valence-corrected chi connectivity index (χ1v) is 9.66. The van der Waals surface area contributed by atoms with Crippen LogP contribution in [0.3, 0.4) is 0 Å². The lowest BCUT2D eigenvalue weighted by Gasteiger charge is -2.32. The van der Waals surface area contributed by atoms with Crippen molar-refractivity contribution in [3.8, 4) is 6.07 Å². The highest BCUT2D eigenvalue weighted by Crippen LogP contribution is 2.28. The summed E-state index contributed by atoms with van der Waals surface area (Å²) >= 11 is 0.